The van der Waals surface area contributed by atoms with Crippen LogP contribution in [0.3, 0.4) is 0 Å². The molecule has 2 aliphatic rings. The second-order valence-electron chi connectivity index (χ2n) is 2.21. The highest BCUT2D eigenvalue weighted by Crippen LogP contribution is 2.47. The van der Waals surface area contributed by atoms with Crippen LogP contribution < -0.4 is 0 Å². The Morgan fingerprint density at radius 2 is 1.44 bits per heavy atom. The maximum absolute atomic E-state index is 9.10. The van der Waals surface area contributed by atoms with Crippen LogP contribution in [0.4, 0.5) is 0 Å². The van der Waals surface area contributed by atoms with E-state index < -0.39 is 11.6 Å². The first kappa shape index (κ1) is 5.17. The third-order valence-electron chi connectivity index (χ3n) is 1.54. The standard InChI is InChI=1S/C6H6O3/c7-5-3-1-2-4-6(5,8)9-5/h1-4,7-8H. The number of allylic oxidation sites excluding steroid dienone is 2. The first-order valence-electron chi connectivity index (χ1n) is 2.68. The summed E-state index contributed by atoms with van der Waals surface area (Å²) < 4.78 is 4.59. The van der Waals surface area contributed by atoms with E-state index in [0.717, 1.165) is 0 Å². The lowest BCUT2D eigenvalue weighted by Gasteiger charge is -2.02. The van der Waals surface area contributed by atoms with E-state index in [2.05, 4.69) is 4.74 Å². The zero-order chi connectivity index (χ0) is 6.54. The minimum Gasteiger partial charge on any atom is -0.358 e. The molecule has 0 aromatic rings. The maximum Gasteiger partial charge on any atom is 0.248 e. The lowest BCUT2D eigenvalue weighted by molar-refractivity contribution is 0.0794. The van der Waals surface area contributed by atoms with Gasteiger partial charge in [-0.25, -0.2) is 0 Å². The first-order valence-corrected chi connectivity index (χ1v) is 2.68. The average Bonchev–Trinajstić information content (AvgIpc) is 2.33. The van der Waals surface area contributed by atoms with Crippen LogP contribution in [0.15, 0.2) is 24.3 Å². The van der Waals surface area contributed by atoms with Crippen molar-refractivity contribution >= 4 is 0 Å². The van der Waals surface area contributed by atoms with Crippen LogP contribution in [0.5, 0.6) is 0 Å². The molecule has 0 bridgehead atoms. The van der Waals surface area contributed by atoms with Crippen LogP contribution in [-0.4, -0.2) is 21.8 Å². The molecule has 0 radical (unpaired) electrons. The molecule has 1 aliphatic carbocycles. The van der Waals surface area contributed by atoms with E-state index in [9.17, 15) is 0 Å². The highest BCUT2D eigenvalue weighted by atomic mass is 16.8. The number of hydrogen-bond donors (Lipinski definition) is 2. The topological polar surface area (TPSA) is 53.0 Å². The summed E-state index contributed by atoms with van der Waals surface area (Å²) in [5, 5.41) is 18.2. The van der Waals surface area contributed by atoms with Crippen LogP contribution in [0, 0.1) is 0 Å². The van der Waals surface area contributed by atoms with Crippen molar-refractivity contribution in [2.24, 2.45) is 0 Å². The van der Waals surface area contributed by atoms with E-state index >= 15 is 0 Å². The Balaban J connectivity index is 2.40. The van der Waals surface area contributed by atoms with Crippen molar-refractivity contribution in [3.8, 4) is 0 Å². The fourth-order valence-corrected chi connectivity index (χ4v) is 0.891. The summed E-state index contributed by atoms with van der Waals surface area (Å²) in [5.41, 5.74) is 0. The fourth-order valence-electron chi connectivity index (χ4n) is 0.891. The van der Waals surface area contributed by atoms with Gasteiger partial charge in [-0.05, 0) is 12.2 Å². The molecule has 0 amide bonds. The molecule has 0 spiro atoms. The monoisotopic (exact) mass is 126 g/mol. The predicted octanol–water partition coefficient (Wildman–Crippen LogP) is -0.480. The van der Waals surface area contributed by atoms with E-state index in [-0.39, 0.29) is 0 Å². The maximum atomic E-state index is 9.10. The molecule has 0 saturated carbocycles. The Hall–Kier alpha value is -0.640. The zero-order valence-corrected chi connectivity index (χ0v) is 4.61. The molecule has 1 fully saturated rings. The van der Waals surface area contributed by atoms with Gasteiger partial charge in [0.1, 0.15) is 0 Å². The average molecular weight is 126 g/mol. The summed E-state index contributed by atoms with van der Waals surface area (Å²) in [5.74, 6) is -2.86. The molecule has 0 aromatic carbocycles. The number of aliphatic hydroxyl groups is 2. The zero-order valence-electron chi connectivity index (χ0n) is 4.61. The number of rotatable bonds is 0. The lowest BCUT2D eigenvalue weighted by Crippen LogP contribution is -2.22. The summed E-state index contributed by atoms with van der Waals surface area (Å²) in [7, 11) is 0. The van der Waals surface area contributed by atoms with Gasteiger partial charge in [0.15, 0.2) is 0 Å². The Kier molecular flexibility index (Phi) is 0.639. The van der Waals surface area contributed by atoms with Gasteiger partial charge < -0.3 is 10.2 Å². The fraction of sp³-hybridized carbons (Fsp3) is 0.333. The molecule has 1 saturated heterocycles. The van der Waals surface area contributed by atoms with Gasteiger partial charge >= 0.3 is 0 Å². The highest BCUT2D eigenvalue weighted by molar-refractivity contribution is 5.30. The predicted molar refractivity (Wildman–Crippen MR) is 29.3 cm³/mol. The van der Waals surface area contributed by atoms with Gasteiger partial charge in [-0.1, -0.05) is 12.2 Å². The van der Waals surface area contributed by atoms with Gasteiger partial charge in [-0.15, -0.1) is 0 Å². The van der Waals surface area contributed by atoms with Crippen LogP contribution in [0.2, 0.25) is 0 Å². The smallest absolute Gasteiger partial charge is 0.248 e. The van der Waals surface area contributed by atoms with Crippen molar-refractivity contribution in [2.75, 3.05) is 0 Å². The van der Waals surface area contributed by atoms with Crippen molar-refractivity contribution < 1.29 is 14.9 Å². The molecule has 2 unspecified atom stereocenters. The van der Waals surface area contributed by atoms with Crippen molar-refractivity contribution in [3.63, 3.8) is 0 Å². The number of fused-ring (bicyclic) bond motifs is 1. The normalized spacial score (nSPS) is 53.1. The van der Waals surface area contributed by atoms with Gasteiger partial charge in [-0.3, -0.25) is 4.74 Å². The number of epoxide rings is 1. The Bertz CT molecular complexity index is 186. The SMILES string of the molecule is OC12C=CC=CC1(O)O2. The third-order valence-corrected chi connectivity index (χ3v) is 1.54. The second kappa shape index (κ2) is 1.11. The van der Waals surface area contributed by atoms with Crippen molar-refractivity contribution in [2.45, 2.75) is 11.6 Å². The van der Waals surface area contributed by atoms with Crippen molar-refractivity contribution in [1.29, 1.82) is 0 Å². The second-order valence-corrected chi connectivity index (χ2v) is 2.21. The molecule has 9 heavy (non-hydrogen) atoms. The van der Waals surface area contributed by atoms with Gasteiger partial charge in [0.05, 0.1) is 0 Å². The molecular formula is C6H6O3. The molecule has 3 nitrogen and oxygen atoms in total. The molecular weight excluding hydrogens is 120 g/mol. The quantitative estimate of drug-likeness (QED) is 0.431. The highest BCUT2D eigenvalue weighted by Gasteiger charge is 2.67. The summed E-state index contributed by atoms with van der Waals surface area (Å²) in [6.45, 7) is 0. The molecule has 48 valence electrons. The van der Waals surface area contributed by atoms with Crippen LogP contribution in [0.1, 0.15) is 0 Å². The molecule has 2 N–H and O–H groups in total. The molecule has 0 aromatic heterocycles. The molecule has 1 heterocycles. The van der Waals surface area contributed by atoms with E-state index in [1.165, 1.54) is 12.2 Å². The Morgan fingerprint density at radius 1 is 1.00 bits per heavy atom. The summed E-state index contributed by atoms with van der Waals surface area (Å²) in [4.78, 5) is 0. The van der Waals surface area contributed by atoms with Gasteiger partial charge in [0, 0.05) is 0 Å². The van der Waals surface area contributed by atoms with Gasteiger partial charge in [0.2, 0.25) is 11.6 Å². The number of hydrogen-bond acceptors (Lipinski definition) is 3. The Labute approximate surface area is 51.9 Å². The van der Waals surface area contributed by atoms with Gasteiger partial charge in [0.25, 0.3) is 0 Å². The summed E-state index contributed by atoms with van der Waals surface area (Å²) >= 11 is 0. The summed E-state index contributed by atoms with van der Waals surface area (Å²) in [6, 6.07) is 0. The third kappa shape index (κ3) is 0.463. The van der Waals surface area contributed by atoms with E-state index in [1.807, 2.05) is 0 Å². The van der Waals surface area contributed by atoms with E-state index in [1.54, 1.807) is 12.2 Å². The van der Waals surface area contributed by atoms with Gasteiger partial charge in [-0.2, -0.15) is 0 Å². The summed E-state index contributed by atoms with van der Waals surface area (Å²) in [6.07, 6.45) is 6.07. The van der Waals surface area contributed by atoms with E-state index in [4.69, 9.17) is 10.2 Å². The molecule has 2 rings (SSSR count). The largest absolute Gasteiger partial charge is 0.358 e. The number of ether oxygens (including phenoxy) is 1. The Morgan fingerprint density at radius 3 is 1.78 bits per heavy atom. The van der Waals surface area contributed by atoms with Crippen LogP contribution >= 0.6 is 0 Å². The van der Waals surface area contributed by atoms with Crippen LogP contribution in [-0.2, 0) is 4.74 Å². The molecule has 2 atom stereocenters. The van der Waals surface area contributed by atoms with Crippen LogP contribution in [0.25, 0.3) is 0 Å². The minimum absolute atomic E-state index is 1.41. The minimum atomic E-state index is -1.43. The van der Waals surface area contributed by atoms with Crippen molar-refractivity contribution in [1.82, 2.24) is 0 Å². The molecule has 3 heteroatoms. The van der Waals surface area contributed by atoms with Crippen molar-refractivity contribution in [3.05, 3.63) is 24.3 Å². The molecule has 1 aliphatic heterocycles. The lowest BCUT2D eigenvalue weighted by atomic mass is 10.1. The van der Waals surface area contributed by atoms with E-state index in [0.29, 0.717) is 0 Å². The first-order chi connectivity index (χ1) is 4.16.